The molecule has 0 fully saturated rings. The van der Waals surface area contributed by atoms with E-state index in [0.717, 1.165) is 0 Å². The first-order chi connectivity index (χ1) is 12.5. The molecule has 1 unspecified atom stereocenters. The number of aromatic hydroxyl groups is 1. The van der Waals surface area contributed by atoms with E-state index in [-0.39, 0.29) is 37.2 Å². The van der Waals surface area contributed by atoms with Crippen LogP contribution >= 0.6 is 0 Å². The highest BCUT2D eigenvalue weighted by Crippen LogP contribution is 2.25. The molecule has 0 spiro atoms. The summed E-state index contributed by atoms with van der Waals surface area (Å²) in [7, 11) is 0. The molecule has 0 aliphatic heterocycles. The zero-order valence-electron chi connectivity index (χ0n) is 15.7. The molecule has 0 heterocycles. The van der Waals surface area contributed by atoms with Crippen LogP contribution < -0.4 is 16.4 Å². The Kier molecular flexibility index (Phi) is 8.04. The van der Waals surface area contributed by atoms with Crippen molar-refractivity contribution in [3.8, 4) is 5.75 Å². The third kappa shape index (κ3) is 8.91. The van der Waals surface area contributed by atoms with E-state index >= 15 is 0 Å². The summed E-state index contributed by atoms with van der Waals surface area (Å²) in [5.41, 5.74) is 5.45. The molecule has 9 nitrogen and oxygen atoms in total. The number of anilines is 1. The Morgan fingerprint density at radius 3 is 2.48 bits per heavy atom. The largest absolute Gasteiger partial charge is 0.506 e. The van der Waals surface area contributed by atoms with Crippen molar-refractivity contribution < 1.29 is 29.3 Å². The van der Waals surface area contributed by atoms with Crippen LogP contribution in [0.4, 0.5) is 10.5 Å². The summed E-state index contributed by atoms with van der Waals surface area (Å²) in [5, 5.41) is 23.9. The van der Waals surface area contributed by atoms with Crippen LogP contribution in [0.15, 0.2) is 18.2 Å². The number of phenols is 1. The van der Waals surface area contributed by atoms with Gasteiger partial charge < -0.3 is 31.3 Å². The second-order valence-corrected chi connectivity index (χ2v) is 7.08. The third-order valence-corrected chi connectivity index (χ3v) is 3.43. The number of nitrogens with one attached hydrogen (secondary N) is 2. The molecule has 27 heavy (non-hydrogen) atoms. The molecule has 0 saturated heterocycles. The van der Waals surface area contributed by atoms with Gasteiger partial charge in [0.2, 0.25) is 5.91 Å². The molecular weight excluding hydrogens is 354 g/mol. The highest BCUT2D eigenvalue weighted by Gasteiger charge is 2.21. The van der Waals surface area contributed by atoms with Crippen molar-refractivity contribution in [2.75, 3.05) is 11.9 Å². The van der Waals surface area contributed by atoms with Crippen LogP contribution in [0.25, 0.3) is 0 Å². The minimum absolute atomic E-state index is 0.122. The molecule has 9 heteroatoms. The fourth-order valence-corrected chi connectivity index (χ4v) is 2.29. The second-order valence-electron chi connectivity index (χ2n) is 7.08. The van der Waals surface area contributed by atoms with Gasteiger partial charge in [0.05, 0.1) is 12.2 Å². The lowest BCUT2D eigenvalue weighted by molar-refractivity contribution is -0.137. The van der Waals surface area contributed by atoms with Crippen LogP contribution in [0.1, 0.15) is 39.2 Å². The number of carbonyl (C=O) groups is 3. The normalized spacial score (nSPS) is 12.1. The summed E-state index contributed by atoms with van der Waals surface area (Å²) in [6.07, 6.45) is -0.290. The number of hydrogen-bond acceptors (Lipinski definition) is 6. The van der Waals surface area contributed by atoms with Gasteiger partial charge in [0, 0.05) is 12.5 Å². The van der Waals surface area contributed by atoms with Gasteiger partial charge in [-0.25, -0.2) is 4.79 Å². The number of aliphatic carboxylic acids is 1. The molecule has 6 N–H and O–H groups in total. The van der Waals surface area contributed by atoms with Crippen LogP contribution in [-0.4, -0.2) is 46.4 Å². The fourth-order valence-electron chi connectivity index (χ4n) is 2.29. The van der Waals surface area contributed by atoms with Crippen LogP contribution in [0.2, 0.25) is 0 Å². The quantitative estimate of drug-likeness (QED) is 0.429. The molecule has 1 aromatic rings. The maximum Gasteiger partial charge on any atom is 0.407 e. The summed E-state index contributed by atoms with van der Waals surface area (Å²) in [6, 6.07) is 4.08. The lowest BCUT2D eigenvalue weighted by Gasteiger charge is -2.23. The number of ether oxygens (including phenoxy) is 1. The van der Waals surface area contributed by atoms with Crippen molar-refractivity contribution in [2.24, 2.45) is 5.73 Å². The van der Waals surface area contributed by atoms with Gasteiger partial charge in [-0.05, 0) is 51.3 Å². The van der Waals surface area contributed by atoms with E-state index in [1.165, 1.54) is 6.07 Å². The number of amides is 2. The molecule has 0 aromatic heterocycles. The number of alkyl carbamates (subject to hydrolysis) is 1. The fraction of sp³-hybridized carbons (Fsp3) is 0.500. The Hall–Kier alpha value is -2.81. The SMILES string of the molecule is CC(C)(C)OC(=O)NC(CCC(=O)O)Cc1ccc(O)c(NC(=O)CN)c1. The van der Waals surface area contributed by atoms with Crippen LogP contribution in [0.5, 0.6) is 5.75 Å². The Labute approximate surface area is 157 Å². The molecule has 150 valence electrons. The van der Waals surface area contributed by atoms with Crippen molar-refractivity contribution in [1.82, 2.24) is 5.32 Å². The van der Waals surface area contributed by atoms with Crippen LogP contribution in [0.3, 0.4) is 0 Å². The van der Waals surface area contributed by atoms with Crippen LogP contribution in [-0.2, 0) is 20.7 Å². The number of phenolic OH excluding ortho intramolecular Hbond substituents is 1. The Balaban J connectivity index is 2.90. The van der Waals surface area contributed by atoms with Gasteiger partial charge in [0.15, 0.2) is 0 Å². The first-order valence-corrected chi connectivity index (χ1v) is 8.53. The highest BCUT2D eigenvalue weighted by atomic mass is 16.6. The zero-order valence-corrected chi connectivity index (χ0v) is 15.7. The van der Waals surface area contributed by atoms with Crippen molar-refractivity contribution in [2.45, 2.75) is 51.7 Å². The van der Waals surface area contributed by atoms with E-state index in [1.807, 2.05) is 0 Å². The summed E-state index contributed by atoms with van der Waals surface area (Å²) >= 11 is 0. The van der Waals surface area contributed by atoms with E-state index in [2.05, 4.69) is 10.6 Å². The number of hydrogen-bond donors (Lipinski definition) is 5. The molecular formula is C18H27N3O6. The predicted molar refractivity (Wildman–Crippen MR) is 99.5 cm³/mol. The monoisotopic (exact) mass is 381 g/mol. The van der Waals surface area contributed by atoms with Crippen LogP contribution in [0, 0.1) is 0 Å². The standard InChI is InChI=1S/C18H27N3O6/c1-18(2,3)27-17(26)20-12(5-7-16(24)25)8-11-4-6-14(22)13(9-11)21-15(23)10-19/h4,6,9,12,22H,5,7-8,10,19H2,1-3H3,(H,20,26)(H,21,23)(H,24,25). The number of carboxylic acids is 1. The first kappa shape index (κ1) is 22.2. The molecule has 1 atom stereocenters. The van der Waals surface area contributed by atoms with E-state index in [9.17, 15) is 19.5 Å². The summed E-state index contributed by atoms with van der Waals surface area (Å²) in [6.45, 7) is 4.95. The van der Waals surface area contributed by atoms with Gasteiger partial charge >= 0.3 is 12.1 Å². The topological polar surface area (TPSA) is 151 Å². The average Bonchev–Trinajstić information content (AvgIpc) is 2.53. The van der Waals surface area contributed by atoms with Crippen molar-refractivity contribution in [3.05, 3.63) is 23.8 Å². The maximum atomic E-state index is 12.0. The highest BCUT2D eigenvalue weighted by molar-refractivity contribution is 5.93. The van der Waals surface area contributed by atoms with E-state index in [0.29, 0.717) is 5.56 Å². The molecule has 1 aromatic carbocycles. The Bertz CT molecular complexity index is 684. The maximum absolute atomic E-state index is 12.0. The molecule has 2 amide bonds. The molecule has 0 bridgehead atoms. The van der Waals surface area contributed by atoms with Gasteiger partial charge in [-0.1, -0.05) is 6.07 Å². The zero-order chi connectivity index (χ0) is 20.6. The molecule has 0 radical (unpaired) electrons. The van der Waals surface area contributed by atoms with Crippen molar-refractivity contribution >= 4 is 23.7 Å². The molecule has 0 aliphatic carbocycles. The third-order valence-electron chi connectivity index (χ3n) is 3.43. The Morgan fingerprint density at radius 2 is 1.93 bits per heavy atom. The summed E-state index contributed by atoms with van der Waals surface area (Å²) < 4.78 is 5.21. The number of carboxylic acid groups (broad SMARTS) is 1. The molecule has 0 aliphatic rings. The lowest BCUT2D eigenvalue weighted by Crippen LogP contribution is -2.40. The van der Waals surface area contributed by atoms with Gasteiger partial charge in [0.25, 0.3) is 0 Å². The number of carbonyl (C=O) groups excluding carboxylic acids is 2. The number of nitrogens with two attached hydrogens (primary N) is 1. The predicted octanol–water partition coefficient (Wildman–Crippen LogP) is 1.59. The molecule has 1 rings (SSSR count). The number of benzene rings is 1. The summed E-state index contributed by atoms with van der Waals surface area (Å²) in [4.78, 5) is 34.3. The van der Waals surface area contributed by atoms with Gasteiger partial charge in [-0.15, -0.1) is 0 Å². The van der Waals surface area contributed by atoms with Crippen molar-refractivity contribution in [1.29, 1.82) is 0 Å². The lowest BCUT2D eigenvalue weighted by atomic mass is 10.0. The van der Waals surface area contributed by atoms with Crippen molar-refractivity contribution in [3.63, 3.8) is 0 Å². The molecule has 0 saturated carbocycles. The first-order valence-electron chi connectivity index (χ1n) is 8.53. The smallest absolute Gasteiger partial charge is 0.407 e. The average molecular weight is 381 g/mol. The number of rotatable bonds is 8. The van der Waals surface area contributed by atoms with E-state index in [1.54, 1.807) is 32.9 Å². The minimum Gasteiger partial charge on any atom is -0.506 e. The van der Waals surface area contributed by atoms with Gasteiger partial charge in [-0.3, -0.25) is 9.59 Å². The van der Waals surface area contributed by atoms with E-state index in [4.69, 9.17) is 15.6 Å². The Morgan fingerprint density at radius 1 is 1.26 bits per heavy atom. The minimum atomic E-state index is -0.979. The second kappa shape index (κ2) is 9.77. The summed E-state index contributed by atoms with van der Waals surface area (Å²) in [5.74, 6) is -1.56. The van der Waals surface area contributed by atoms with E-state index < -0.39 is 29.6 Å². The van der Waals surface area contributed by atoms with Gasteiger partial charge in [0.1, 0.15) is 11.4 Å². The van der Waals surface area contributed by atoms with Gasteiger partial charge in [-0.2, -0.15) is 0 Å².